The molecule has 0 amide bonds. The number of esters is 1. The molecule has 0 aromatic heterocycles. The second-order valence-electron chi connectivity index (χ2n) is 4.54. The molecule has 0 aromatic carbocycles. The van der Waals surface area contributed by atoms with Gasteiger partial charge in [0.2, 0.25) is 0 Å². The molecule has 0 aliphatic carbocycles. The van der Waals surface area contributed by atoms with E-state index in [1.54, 1.807) is 25.0 Å². The van der Waals surface area contributed by atoms with Crippen molar-refractivity contribution < 1.29 is 24.1 Å². The van der Waals surface area contributed by atoms with Crippen molar-refractivity contribution in [1.82, 2.24) is 4.90 Å². The third-order valence-electron chi connectivity index (χ3n) is 2.49. The molecule has 20 heavy (non-hydrogen) atoms. The minimum Gasteiger partial charge on any atom is -0.465 e. The van der Waals surface area contributed by atoms with Gasteiger partial charge in [0.05, 0.1) is 38.6 Å². The number of aliphatic hydroxyl groups is 1. The van der Waals surface area contributed by atoms with Gasteiger partial charge in [0.25, 0.3) is 0 Å². The predicted octanol–water partition coefficient (Wildman–Crippen LogP) is 0.450. The Morgan fingerprint density at radius 1 is 1.45 bits per heavy atom. The summed E-state index contributed by atoms with van der Waals surface area (Å²) in [5.41, 5.74) is 0. The summed E-state index contributed by atoms with van der Waals surface area (Å²) in [6.45, 7) is 9.25. The fourth-order valence-electron chi connectivity index (χ4n) is 1.68. The zero-order valence-corrected chi connectivity index (χ0v) is 12.7. The van der Waals surface area contributed by atoms with Crippen molar-refractivity contribution in [2.45, 2.75) is 26.1 Å². The average molecular weight is 289 g/mol. The van der Waals surface area contributed by atoms with Gasteiger partial charge in [0.1, 0.15) is 0 Å². The molecule has 2 atom stereocenters. The van der Waals surface area contributed by atoms with E-state index in [1.165, 1.54) is 0 Å². The topological polar surface area (TPSA) is 68.2 Å². The molecule has 1 N–H and O–H groups in total. The van der Waals surface area contributed by atoms with Crippen LogP contribution in [0.5, 0.6) is 0 Å². The van der Waals surface area contributed by atoms with Gasteiger partial charge in [0, 0.05) is 20.2 Å². The van der Waals surface area contributed by atoms with Crippen molar-refractivity contribution in [3.05, 3.63) is 12.7 Å². The van der Waals surface area contributed by atoms with Crippen molar-refractivity contribution in [3.63, 3.8) is 0 Å². The summed E-state index contributed by atoms with van der Waals surface area (Å²) in [6, 6.07) is 0. The van der Waals surface area contributed by atoms with Gasteiger partial charge in [-0.25, -0.2) is 0 Å². The Hall–Kier alpha value is -0.950. The third kappa shape index (κ3) is 9.91. The van der Waals surface area contributed by atoms with Crippen LogP contribution in [0.15, 0.2) is 12.7 Å². The summed E-state index contributed by atoms with van der Waals surface area (Å²) in [7, 11) is 1.60. The lowest BCUT2D eigenvalue weighted by Crippen LogP contribution is -2.39. The Labute approximate surface area is 121 Å². The Morgan fingerprint density at radius 3 is 2.70 bits per heavy atom. The van der Waals surface area contributed by atoms with Gasteiger partial charge in [-0.15, -0.1) is 6.58 Å². The highest BCUT2D eigenvalue weighted by Crippen LogP contribution is 1.99. The van der Waals surface area contributed by atoms with Crippen molar-refractivity contribution >= 4 is 5.97 Å². The Balaban J connectivity index is 4.09. The van der Waals surface area contributed by atoms with E-state index in [-0.39, 0.29) is 25.2 Å². The third-order valence-corrected chi connectivity index (χ3v) is 2.49. The Morgan fingerprint density at radius 2 is 2.15 bits per heavy atom. The summed E-state index contributed by atoms with van der Waals surface area (Å²) in [6.07, 6.45) is 0.927. The first-order valence-corrected chi connectivity index (χ1v) is 6.80. The van der Waals surface area contributed by atoms with E-state index in [2.05, 4.69) is 6.58 Å². The number of ether oxygens (including phenoxy) is 3. The summed E-state index contributed by atoms with van der Waals surface area (Å²) < 4.78 is 15.3. The van der Waals surface area contributed by atoms with E-state index in [0.717, 1.165) is 0 Å². The van der Waals surface area contributed by atoms with Crippen molar-refractivity contribution in [2.75, 3.05) is 46.6 Å². The SMILES string of the molecule is C=CCN(CC(=O)OCC)CC(O)COC(C)COC. The van der Waals surface area contributed by atoms with Gasteiger partial charge >= 0.3 is 5.97 Å². The largest absolute Gasteiger partial charge is 0.465 e. The maximum Gasteiger partial charge on any atom is 0.320 e. The molecule has 0 aliphatic heterocycles. The number of aliphatic hydroxyl groups excluding tert-OH is 1. The van der Waals surface area contributed by atoms with Crippen LogP contribution in [0.4, 0.5) is 0 Å². The van der Waals surface area contributed by atoms with Gasteiger partial charge in [0.15, 0.2) is 0 Å². The first kappa shape index (κ1) is 19.1. The van der Waals surface area contributed by atoms with Crippen LogP contribution in [-0.4, -0.2) is 74.7 Å². The van der Waals surface area contributed by atoms with Crippen LogP contribution < -0.4 is 0 Å². The molecule has 0 fully saturated rings. The first-order valence-electron chi connectivity index (χ1n) is 6.80. The summed E-state index contributed by atoms with van der Waals surface area (Å²) in [5.74, 6) is -0.310. The molecule has 0 aliphatic rings. The molecule has 2 unspecified atom stereocenters. The van der Waals surface area contributed by atoms with Crippen LogP contribution >= 0.6 is 0 Å². The maximum absolute atomic E-state index is 11.4. The standard InChI is InChI=1S/C14H27NO5/c1-5-7-15(9-14(17)19-6-2)8-13(16)11-20-12(3)10-18-4/h5,12-13,16H,1,6-11H2,2-4H3. The summed E-state index contributed by atoms with van der Waals surface area (Å²) in [4.78, 5) is 13.2. The quantitative estimate of drug-likeness (QED) is 0.415. The van der Waals surface area contributed by atoms with Crippen molar-refractivity contribution in [2.24, 2.45) is 0 Å². The van der Waals surface area contributed by atoms with E-state index >= 15 is 0 Å². The van der Waals surface area contributed by atoms with Gasteiger partial charge in [-0.05, 0) is 13.8 Å². The summed E-state index contributed by atoms with van der Waals surface area (Å²) in [5, 5.41) is 9.91. The van der Waals surface area contributed by atoms with Crippen LogP contribution in [0.3, 0.4) is 0 Å². The Kier molecular flexibility index (Phi) is 11.3. The lowest BCUT2D eigenvalue weighted by atomic mass is 10.3. The molecular formula is C14H27NO5. The molecule has 0 saturated heterocycles. The number of carbonyl (C=O) groups excluding carboxylic acids is 1. The molecule has 0 aromatic rings. The number of methoxy groups -OCH3 is 1. The molecule has 0 saturated carbocycles. The molecule has 6 heteroatoms. The zero-order valence-electron chi connectivity index (χ0n) is 12.7. The lowest BCUT2D eigenvalue weighted by molar-refractivity contribution is -0.144. The van der Waals surface area contributed by atoms with Gasteiger partial charge in [-0.2, -0.15) is 0 Å². The van der Waals surface area contributed by atoms with Crippen LogP contribution in [0, 0.1) is 0 Å². The molecule has 0 bridgehead atoms. The fourth-order valence-corrected chi connectivity index (χ4v) is 1.68. The minimum atomic E-state index is -0.677. The van der Waals surface area contributed by atoms with E-state index in [0.29, 0.717) is 26.3 Å². The van der Waals surface area contributed by atoms with Crippen LogP contribution in [-0.2, 0) is 19.0 Å². The number of carbonyl (C=O) groups is 1. The molecular weight excluding hydrogens is 262 g/mol. The van der Waals surface area contributed by atoms with E-state index in [9.17, 15) is 9.90 Å². The highest BCUT2D eigenvalue weighted by molar-refractivity contribution is 5.71. The first-order chi connectivity index (χ1) is 9.53. The molecule has 0 spiro atoms. The predicted molar refractivity (Wildman–Crippen MR) is 76.6 cm³/mol. The zero-order chi connectivity index (χ0) is 15.4. The monoisotopic (exact) mass is 289 g/mol. The number of rotatable bonds is 12. The molecule has 118 valence electrons. The maximum atomic E-state index is 11.4. The van der Waals surface area contributed by atoms with Gasteiger partial charge in [-0.3, -0.25) is 9.69 Å². The summed E-state index contributed by atoms with van der Waals surface area (Å²) >= 11 is 0. The van der Waals surface area contributed by atoms with Crippen LogP contribution in [0.2, 0.25) is 0 Å². The number of nitrogens with zero attached hydrogens (tertiary/aromatic N) is 1. The number of hydrogen-bond acceptors (Lipinski definition) is 6. The van der Waals surface area contributed by atoms with Gasteiger partial charge < -0.3 is 19.3 Å². The highest BCUT2D eigenvalue weighted by atomic mass is 16.5. The fraction of sp³-hybridized carbons (Fsp3) is 0.786. The van der Waals surface area contributed by atoms with E-state index in [4.69, 9.17) is 14.2 Å². The smallest absolute Gasteiger partial charge is 0.320 e. The van der Waals surface area contributed by atoms with Crippen LogP contribution in [0.1, 0.15) is 13.8 Å². The lowest BCUT2D eigenvalue weighted by Gasteiger charge is -2.23. The van der Waals surface area contributed by atoms with E-state index in [1.807, 2.05) is 6.92 Å². The average Bonchev–Trinajstić information content (AvgIpc) is 2.37. The molecule has 0 heterocycles. The second kappa shape index (κ2) is 11.8. The van der Waals surface area contributed by atoms with Crippen molar-refractivity contribution in [3.8, 4) is 0 Å². The van der Waals surface area contributed by atoms with Crippen LogP contribution in [0.25, 0.3) is 0 Å². The normalized spacial score (nSPS) is 14.1. The molecule has 0 rings (SSSR count). The van der Waals surface area contributed by atoms with E-state index < -0.39 is 6.10 Å². The minimum absolute atomic E-state index is 0.0763. The molecule has 6 nitrogen and oxygen atoms in total. The number of hydrogen-bond donors (Lipinski definition) is 1. The van der Waals surface area contributed by atoms with Gasteiger partial charge in [-0.1, -0.05) is 6.08 Å². The van der Waals surface area contributed by atoms with Crippen molar-refractivity contribution in [1.29, 1.82) is 0 Å². The Bertz CT molecular complexity index is 272. The second-order valence-corrected chi connectivity index (χ2v) is 4.54. The molecule has 0 radical (unpaired) electrons. The highest BCUT2D eigenvalue weighted by Gasteiger charge is 2.16.